The van der Waals surface area contributed by atoms with Gasteiger partial charge in [-0.25, -0.2) is 0 Å². The highest BCUT2D eigenvalue weighted by molar-refractivity contribution is 5.61. The summed E-state index contributed by atoms with van der Waals surface area (Å²) in [6.07, 6.45) is 0. The molecule has 0 saturated heterocycles. The molecule has 0 atom stereocenters. The average molecular weight is 212 g/mol. The van der Waals surface area contributed by atoms with Gasteiger partial charge in [0.25, 0.3) is 5.69 Å². The van der Waals surface area contributed by atoms with Gasteiger partial charge in [0.1, 0.15) is 0 Å². The van der Waals surface area contributed by atoms with Crippen molar-refractivity contribution in [1.82, 2.24) is 0 Å². The predicted molar refractivity (Wildman–Crippen MR) is 50.9 cm³/mol. The van der Waals surface area contributed by atoms with Crippen LogP contribution in [0.1, 0.15) is 11.1 Å². The van der Waals surface area contributed by atoms with Gasteiger partial charge in [0, 0.05) is 11.1 Å². The largest absolute Gasteiger partial charge is 0.502 e. The Morgan fingerprint density at radius 2 is 1.53 bits per heavy atom. The van der Waals surface area contributed by atoms with E-state index in [2.05, 4.69) is 0 Å². The lowest BCUT2D eigenvalue weighted by Crippen LogP contribution is -1.98. The summed E-state index contributed by atoms with van der Waals surface area (Å²) in [7, 11) is 0. The molecule has 0 heterocycles. The summed E-state index contributed by atoms with van der Waals surface area (Å²) in [6.45, 7) is 2.82. The number of nitro benzene ring substituents is 2. The predicted octanol–water partition coefficient (Wildman–Crippen LogP) is 1.83. The van der Waals surface area contributed by atoms with E-state index in [9.17, 15) is 25.3 Å². The van der Waals surface area contributed by atoms with Gasteiger partial charge in [-0.2, -0.15) is 0 Å². The first-order valence-electron chi connectivity index (χ1n) is 3.98. The van der Waals surface area contributed by atoms with Crippen LogP contribution in [0.4, 0.5) is 11.4 Å². The Kier molecular flexibility index (Phi) is 2.56. The zero-order chi connectivity index (χ0) is 11.7. The minimum atomic E-state index is -0.852. The molecule has 7 nitrogen and oxygen atoms in total. The maximum Gasteiger partial charge on any atom is 0.317 e. The molecule has 0 amide bonds. The Morgan fingerprint density at radius 1 is 1.07 bits per heavy atom. The fourth-order valence-electron chi connectivity index (χ4n) is 1.20. The molecule has 1 rings (SSSR count). The molecular weight excluding hydrogens is 204 g/mol. The van der Waals surface area contributed by atoms with Gasteiger partial charge < -0.3 is 5.11 Å². The molecule has 1 N–H and O–H groups in total. The third-order valence-electron chi connectivity index (χ3n) is 2.21. The first-order valence-corrected chi connectivity index (χ1v) is 3.98. The van der Waals surface area contributed by atoms with Crippen molar-refractivity contribution >= 4 is 11.4 Å². The number of phenols is 1. The van der Waals surface area contributed by atoms with E-state index < -0.39 is 21.3 Å². The quantitative estimate of drug-likeness (QED) is 0.594. The van der Waals surface area contributed by atoms with E-state index in [1.165, 1.54) is 13.8 Å². The van der Waals surface area contributed by atoms with Gasteiger partial charge >= 0.3 is 5.69 Å². The second-order valence-electron chi connectivity index (χ2n) is 3.03. The van der Waals surface area contributed by atoms with E-state index in [1.807, 2.05) is 0 Å². The smallest absolute Gasteiger partial charge is 0.317 e. The number of phenolic OH excluding ortho intramolecular Hbond substituents is 1. The second kappa shape index (κ2) is 3.52. The van der Waals surface area contributed by atoms with Crippen LogP contribution < -0.4 is 0 Å². The van der Waals surface area contributed by atoms with E-state index in [1.54, 1.807) is 0 Å². The number of nitro groups is 2. The van der Waals surface area contributed by atoms with Crippen molar-refractivity contribution in [3.63, 3.8) is 0 Å². The molecule has 0 aliphatic rings. The molecule has 0 aliphatic heterocycles. The maximum absolute atomic E-state index is 10.6. The molecule has 15 heavy (non-hydrogen) atoms. The fourth-order valence-corrected chi connectivity index (χ4v) is 1.20. The first-order chi connectivity index (χ1) is 6.86. The van der Waals surface area contributed by atoms with Gasteiger partial charge in [-0.3, -0.25) is 20.2 Å². The van der Waals surface area contributed by atoms with E-state index in [4.69, 9.17) is 0 Å². The Balaban J connectivity index is 3.59. The van der Waals surface area contributed by atoms with Crippen LogP contribution >= 0.6 is 0 Å². The zero-order valence-corrected chi connectivity index (χ0v) is 8.05. The molecule has 0 fully saturated rings. The van der Waals surface area contributed by atoms with E-state index >= 15 is 0 Å². The lowest BCUT2D eigenvalue weighted by atomic mass is 10.1. The Bertz CT molecular complexity index is 417. The number of benzene rings is 1. The van der Waals surface area contributed by atoms with Crippen LogP contribution in [0.5, 0.6) is 5.75 Å². The van der Waals surface area contributed by atoms with Crippen LogP contribution in [-0.4, -0.2) is 15.0 Å². The van der Waals surface area contributed by atoms with Crippen molar-refractivity contribution < 1.29 is 15.0 Å². The molecule has 0 radical (unpaired) electrons. The number of aromatic hydroxyl groups is 1. The molecule has 1 aromatic rings. The average Bonchev–Trinajstić information content (AvgIpc) is 2.13. The van der Waals surface area contributed by atoms with Crippen molar-refractivity contribution in [1.29, 1.82) is 0 Å². The topological polar surface area (TPSA) is 107 Å². The van der Waals surface area contributed by atoms with Crippen LogP contribution in [-0.2, 0) is 0 Å². The monoisotopic (exact) mass is 212 g/mol. The molecule has 0 aliphatic carbocycles. The van der Waals surface area contributed by atoms with Gasteiger partial charge in [-0.15, -0.1) is 0 Å². The SMILES string of the molecule is Cc1c([N+](=O)[O-])cc([N+](=O)[O-])c(O)c1C. The van der Waals surface area contributed by atoms with Crippen LogP contribution in [0.2, 0.25) is 0 Å². The third-order valence-corrected chi connectivity index (χ3v) is 2.21. The van der Waals surface area contributed by atoms with Gasteiger partial charge in [-0.05, 0) is 13.8 Å². The van der Waals surface area contributed by atoms with Gasteiger partial charge in [0.15, 0.2) is 5.75 Å². The molecule has 7 heteroatoms. The van der Waals surface area contributed by atoms with Crippen molar-refractivity contribution in [2.24, 2.45) is 0 Å². The van der Waals surface area contributed by atoms with Crippen molar-refractivity contribution in [2.45, 2.75) is 13.8 Å². The summed E-state index contributed by atoms with van der Waals surface area (Å²) >= 11 is 0. The zero-order valence-electron chi connectivity index (χ0n) is 8.05. The normalized spacial score (nSPS) is 10.0. The number of hydrogen-bond donors (Lipinski definition) is 1. The molecule has 0 aromatic heterocycles. The van der Waals surface area contributed by atoms with Crippen LogP contribution in [0.25, 0.3) is 0 Å². The first kappa shape index (κ1) is 10.9. The highest BCUT2D eigenvalue weighted by atomic mass is 16.6. The van der Waals surface area contributed by atoms with Crippen molar-refractivity contribution in [3.8, 4) is 5.75 Å². The van der Waals surface area contributed by atoms with Gasteiger partial charge in [0.2, 0.25) is 0 Å². The molecule has 80 valence electrons. The molecule has 0 saturated carbocycles. The summed E-state index contributed by atoms with van der Waals surface area (Å²) in [5.41, 5.74) is -0.638. The maximum atomic E-state index is 10.6. The minimum Gasteiger partial charge on any atom is -0.502 e. The summed E-state index contributed by atoms with van der Waals surface area (Å²) in [5, 5.41) is 30.4. The Morgan fingerprint density at radius 3 is 1.93 bits per heavy atom. The standard InChI is InChI=1S/C8H8N2O5/c1-4-5(2)8(11)7(10(14)15)3-6(4)9(12)13/h3,11H,1-2H3. The van der Waals surface area contributed by atoms with Crippen LogP contribution in [0.15, 0.2) is 6.07 Å². The summed E-state index contributed by atoms with van der Waals surface area (Å²) in [4.78, 5) is 19.5. The van der Waals surface area contributed by atoms with Crippen LogP contribution in [0, 0.1) is 34.1 Å². The molecule has 0 spiro atoms. The van der Waals surface area contributed by atoms with Crippen LogP contribution in [0.3, 0.4) is 0 Å². The molecule has 1 aromatic carbocycles. The van der Waals surface area contributed by atoms with E-state index in [0.717, 1.165) is 6.07 Å². The third kappa shape index (κ3) is 1.71. The molecule has 0 unspecified atom stereocenters. The highest BCUT2D eigenvalue weighted by Crippen LogP contribution is 2.36. The summed E-state index contributed by atoms with van der Waals surface area (Å²) in [5.74, 6) is -0.525. The highest BCUT2D eigenvalue weighted by Gasteiger charge is 2.25. The lowest BCUT2D eigenvalue weighted by molar-refractivity contribution is -0.395. The second-order valence-corrected chi connectivity index (χ2v) is 3.03. The fraction of sp³-hybridized carbons (Fsp3) is 0.250. The summed E-state index contributed by atoms with van der Waals surface area (Å²) < 4.78 is 0. The number of hydrogen-bond acceptors (Lipinski definition) is 5. The Hall–Kier alpha value is -2.18. The van der Waals surface area contributed by atoms with Gasteiger partial charge in [0.05, 0.1) is 15.9 Å². The van der Waals surface area contributed by atoms with E-state index in [0.29, 0.717) is 0 Å². The number of rotatable bonds is 2. The Labute approximate surface area is 84.3 Å². The van der Waals surface area contributed by atoms with E-state index in [-0.39, 0.29) is 16.8 Å². The van der Waals surface area contributed by atoms with Crippen molar-refractivity contribution in [3.05, 3.63) is 37.4 Å². The summed E-state index contributed by atoms with van der Waals surface area (Å²) in [6, 6.07) is 0.762. The minimum absolute atomic E-state index is 0.149. The van der Waals surface area contributed by atoms with Gasteiger partial charge in [-0.1, -0.05) is 0 Å². The molecular formula is C8H8N2O5. The number of nitrogens with zero attached hydrogens (tertiary/aromatic N) is 2. The lowest BCUT2D eigenvalue weighted by Gasteiger charge is -2.04. The molecule has 0 bridgehead atoms. The van der Waals surface area contributed by atoms with Crippen molar-refractivity contribution in [2.75, 3.05) is 0 Å².